The molecule has 0 unspecified atom stereocenters. The second kappa shape index (κ2) is 7.16. The maximum atomic E-state index is 12.8. The summed E-state index contributed by atoms with van der Waals surface area (Å²) in [5.41, 5.74) is -0.186. The van der Waals surface area contributed by atoms with Crippen LogP contribution in [0.1, 0.15) is 35.2 Å². The fraction of sp³-hybridized carbons (Fsp3) is 0.368. The quantitative estimate of drug-likeness (QED) is 0.828. The van der Waals surface area contributed by atoms with Crippen molar-refractivity contribution in [3.8, 4) is 0 Å². The van der Waals surface area contributed by atoms with Crippen LogP contribution in [0.3, 0.4) is 0 Å². The van der Waals surface area contributed by atoms with Gasteiger partial charge >= 0.3 is 6.18 Å². The number of carbonyl (C=O) groups excluding carboxylic acids is 1. The molecule has 2 bridgehead atoms. The van der Waals surface area contributed by atoms with Gasteiger partial charge in [0.2, 0.25) is 0 Å². The average Bonchev–Trinajstić information content (AvgIpc) is 3.25. The van der Waals surface area contributed by atoms with E-state index in [0.717, 1.165) is 47.8 Å². The molecule has 3 heterocycles. The second-order valence-corrected chi connectivity index (χ2v) is 7.96. The summed E-state index contributed by atoms with van der Waals surface area (Å²) >= 11 is 1.13. The zero-order valence-corrected chi connectivity index (χ0v) is 15.1. The highest BCUT2D eigenvalue weighted by Crippen LogP contribution is 2.33. The lowest BCUT2D eigenvalue weighted by atomic mass is 9.95. The van der Waals surface area contributed by atoms with Gasteiger partial charge in [-0.2, -0.15) is 13.2 Å². The minimum absolute atomic E-state index is 0.122. The minimum atomic E-state index is -4.39. The number of rotatable bonds is 4. The summed E-state index contributed by atoms with van der Waals surface area (Å²) in [7, 11) is 0. The Morgan fingerprint density at radius 2 is 1.96 bits per heavy atom. The minimum Gasteiger partial charge on any atom is -0.348 e. The summed E-state index contributed by atoms with van der Waals surface area (Å²) in [5, 5.41) is 6.81. The molecule has 8 heteroatoms. The van der Waals surface area contributed by atoms with Gasteiger partial charge < -0.3 is 10.6 Å². The van der Waals surface area contributed by atoms with Crippen LogP contribution in [0.25, 0.3) is 0 Å². The largest absolute Gasteiger partial charge is 0.416 e. The highest BCUT2D eigenvalue weighted by atomic mass is 32.2. The van der Waals surface area contributed by atoms with Crippen molar-refractivity contribution >= 4 is 17.7 Å². The van der Waals surface area contributed by atoms with Crippen molar-refractivity contribution in [1.82, 2.24) is 15.6 Å². The van der Waals surface area contributed by atoms with Crippen molar-refractivity contribution in [3.63, 3.8) is 0 Å². The van der Waals surface area contributed by atoms with E-state index in [1.807, 2.05) is 0 Å². The van der Waals surface area contributed by atoms with Gasteiger partial charge in [-0.05, 0) is 55.7 Å². The zero-order chi connectivity index (χ0) is 19.0. The fourth-order valence-corrected chi connectivity index (χ4v) is 4.49. The number of pyridine rings is 1. The van der Waals surface area contributed by atoms with Crippen LogP contribution in [0.2, 0.25) is 0 Å². The van der Waals surface area contributed by atoms with Gasteiger partial charge in [-0.15, -0.1) is 0 Å². The molecule has 4 rings (SSSR count). The van der Waals surface area contributed by atoms with Gasteiger partial charge in [-0.3, -0.25) is 4.79 Å². The van der Waals surface area contributed by atoms with E-state index in [-0.39, 0.29) is 17.0 Å². The summed E-state index contributed by atoms with van der Waals surface area (Å²) < 4.78 is 38.4. The Labute approximate surface area is 158 Å². The molecule has 142 valence electrons. The van der Waals surface area contributed by atoms with E-state index in [1.165, 1.54) is 6.42 Å². The third-order valence-electron chi connectivity index (χ3n) is 5.02. The van der Waals surface area contributed by atoms with E-state index >= 15 is 0 Å². The summed E-state index contributed by atoms with van der Waals surface area (Å²) in [6.45, 7) is 0. The molecule has 0 aliphatic carbocycles. The molecule has 0 saturated carbocycles. The molecule has 2 N–H and O–H groups in total. The van der Waals surface area contributed by atoms with Crippen LogP contribution in [0, 0.1) is 0 Å². The molecule has 3 atom stereocenters. The molecular formula is C19H18F3N3OS. The molecule has 1 amide bonds. The lowest BCUT2D eigenvalue weighted by Crippen LogP contribution is -2.42. The van der Waals surface area contributed by atoms with Crippen molar-refractivity contribution in [2.45, 2.75) is 53.5 Å². The van der Waals surface area contributed by atoms with Gasteiger partial charge in [-0.25, -0.2) is 4.98 Å². The van der Waals surface area contributed by atoms with Crippen molar-refractivity contribution in [2.75, 3.05) is 0 Å². The van der Waals surface area contributed by atoms with Crippen molar-refractivity contribution < 1.29 is 18.0 Å². The summed E-state index contributed by atoms with van der Waals surface area (Å²) in [6, 6.07) is 9.83. The molecule has 2 aromatic rings. The number of hydrogen-bond acceptors (Lipinski definition) is 4. The van der Waals surface area contributed by atoms with Crippen molar-refractivity contribution in [3.05, 3.63) is 53.7 Å². The Balaban J connectivity index is 1.39. The monoisotopic (exact) mass is 393 g/mol. The Kier molecular flexibility index (Phi) is 4.86. The Bertz CT molecular complexity index is 841. The SMILES string of the molecule is O=C(N[C@@H]1C[C@H]2CC[C@@H]1N2)c1ccc(Sc2cc(C(F)(F)F)ccn2)cc1. The van der Waals surface area contributed by atoms with Crippen molar-refractivity contribution in [1.29, 1.82) is 0 Å². The van der Waals surface area contributed by atoms with E-state index in [0.29, 0.717) is 17.6 Å². The van der Waals surface area contributed by atoms with E-state index in [4.69, 9.17) is 0 Å². The summed E-state index contributed by atoms with van der Waals surface area (Å²) in [5.74, 6) is -0.122. The van der Waals surface area contributed by atoms with E-state index in [9.17, 15) is 18.0 Å². The first-order valence-corrected chi connectivity index (χ1v) is 9.58. The standard InChI is InChI=1S/C19H18F3N3OS/c20-19(21,22)12-7-8-23-17(9-12)27-14-4-1-11(2-5-14)18(26)25-16-10-13-3-6-15(16)24-13/h1-2,4-5,7-9,13,15-16,24H,3,6,10H2,(H,25,26)/t13-,15+,16-/m1/s1. The number of hydrogen-bond donors (Lipinski definition) is 2. The lowest BCUT2D eigenvalue weighted by molar-refractivity contribution is -0.137. The van der Waals surface area contributed by atoms with E-state index < -0.39 is 11.7 Å². The van der Waals surface area contributed by atoms with Crippen LogP contribution in [-0.2, 0) is 6.18 Å². The normalized spacial score (nSPS) is 24.2. The molecule has 27 heavy (non-hydrogen) atoms. The number of fused-ring (bicyclic) bond motifs is 2. The van der Waals surface area contributed by atoms with Crippen LogP contribution in [0.15, 0.2) is 52.5 Å². The van der Waals surface area contributed by atoms with Crippen LogP contribution in [0.5, 0.6) is 0 Å². The number of amides is 1. The number of benzene rings is 1. The molecule has 1 aromatic carbocycles. The van der Waals surface area contributed by atoms with Gasteiger partial charge in [-0.1, -0.05) is 11.8 Å². The van der Waals surface area contributed by atoms with E-state index in [2.05, 4.69) is 15.6 Å². The third kappa shape index (κ3) is 4.11. The first-order valence-electron chi connectivity index (χ1n) is 8.76. The van der Waals surface area contributed by atoms with Crippen LogP contribution in [0.4, 0.5) is 13.2 Å². The maximum Gasteiger partial charge on any atom is 0.416 e. The zero-order valence-electron chi connectivity index (χ0n) is 14.3. The Morgan fingerprint density at radius 1 is 1.19 bits per heavy atom. The molecule has 0 spiro atoms. The van der Waals surface area contributed by atoms with Gasteiger partial charge in [0.15, 0.2) is 0 Å². The highest BCUT2D eigenvalue weighted by molar-refractivity contribution is 7.99. The third-order valence-corrected chi connectivity index (χ3v) is 5.96. The molecule has 1 aromatic heterocycles. The molecule has 2 aliphatic rings. The predicted molar refractivity (Wildman–Crippen MR) is 95.6 cm³/mol. The predicted octanol–water partition coefficient (Wildman–Crippen LogP) is 3.87. The second-order valence-electron chi connectivity index (χ2n) is 6.87. The Morgan fingerprint density at radius 3 is 2.59 bits per heavy atom. The number of nitrogens with zero attached hydrogens (tertiary/aromatic N) is 1. The van der Waals surface area contributed by atoms with Gasteiger partial charge in [0.1, 0.15) is 5.03 Å². The van der Waals surface area contributed by atoms with Gasteiger partial charge in [0.25, 0.3) is 5.91 Å². The fourth-order valence-electron chi connectivity index (χ4n) is 3.67. The lowest BCUT2D eigenvalue weighted by Gasteiger charge is -2.21. The number of aromatic nitrogens is 1. The van der Waals surface area contributed by atoms with Gasteiger partial charge in [0, 0.05) is 34.8 Å². The summed E-state index contributed by atoms with van der Waals surface area (Å²) in [4.78, 5) is 17.1. The van der Waals surface area contributed by atoms with Crippen molar-refractivity contribution in [2.24, 2.45) is 0 Å². The van der Waals surface area contributed by atoms with Gasteiger partial charge in [0.05, 0.1) is 5.56 Å². The first-order chi connectivity index (χ1) is 12.9. The molecule has 2 aliphatic heterocycles. The maximum absolute atomic E-state index is 12.8. The Hall–Kier alpha value is -2.06. The highest BCUT2D eigenvalue weighted by Gasteiger charge is 2.39. The van der Waals surface area contributed by atoms with E-state index in [1.54, 1.807) is 24.3 Å². The number of nitrogens with one attached hydrogen (secondary N) is 2. The molecule has 2 fully saturated rings. The van der Waals surface area contributed by atoms with Crippen LogP contribution in [-0.4, -0.2) is 29.0 Å². The molecular weight excluding hydrogens is 375 g/mol. The first kappa shape index (κ1) is 18.3. The van der Waals surface area contributed by atoms with Crippen LogP contribution < -0.4 is 10.6 Å². The average molecular weight is 393 g/mol. The summed E-state index contributed by atoms with van der Waals surface area (Å²) in [6.07, 6.45) is -0.0155. The van der Waals surface area contributed by atoms with Crippen LogP contribution >= 0.6 is 11.8 Å². The smallest absolute Gasteiger partial charge is 0.348 e. The number of carbonyl (C=O) groups is 1. The molecule has 2 saturated heterocycles. The molecule has 0 radical (unpaired) electrons. The topological polar surface area (TPSA) is 54.0 Å². The number of alkyl halides is 3. The molecule has 4 nitrogen and oxygen atoms in total. The number of halogens is 3.